The Kier molecular flexibility index (Phi) is 5.89. The SMILES string of the molecule is CO[C@H](CN)CC(=O)N1CCCN(c2nc(C)ns2)CC1. The van der Waals surface area contributed by atoms with Crippen LogP contribution in [0.4, 0.5) is 5.13 Å². The molecule has 0 bridgehead atoms. The predicted molar refractivity (Wildman–Crippen MR) is 82.5 cm³/mol. The number of rotatable bonds is 5. The fourth-order valence-corrected chi connectivity index (χ4v) is 3.09. The molecule has 2 heterocycles. The monoisotopic (exact) mass is 313 g/mol. The van der Waals surface area contributed by atoms with Crippen molar-refractivity contribution >= 4 is 22.6 Å². The first-order valence-electron chi connectivity index (χ1n) is 7.20. The summed E-state index contributed by atoms with van der Waals surface area (Å²) in [6, 6.07) is 0. The van der Waals surface area contributed by atoms with Crippen molar-refractivity contribution in [2.75, 3.05) is 44.7 Å². The summed E-state index contributed by atoms with van der Waals surface area (Å²) >= 11 is 1.42. The van der Waals surface area contributed by atoms with Crippen LogP contribution in [-0.4, -0.2) is 66.1 Å². The molecule has 1 amide bonds. The molecule has 0 aromatic carbocycles. The normalized spacial score (nSPS) is 17.7. The van der Waals surface area contributed by atoms with E-state index in [1.807, 2.05) is 11.8 Å². The lowest BCUT2D eigenvalue weighted by Gasteiger charge is -2.23. The van der Waals surface area contributed by atoms with Crippen LogP contribution in [0.1, 0.15) is 18.7 Å². The number of aromatic nitrogens is 2. The van der Waals surface area contributed by atoms with E-state index in [9.17, 15) is 4.79 Å². The van der Waals surface area contributed by atoms with Gasteiger partial charge in [0.05, 0.1) is 12.5 Å². The molecule has 7 nitrogen and oxygen atoms in total. The first kappa shape index (κ1) is 16.1. The van der Waals surface area contributed by atoms with Crippen LogP contribution in [0.25, 0.3) is 0 Å². The number of hydrogen-bond donors (Lipinski definition) is 1. The topological polar surface area (TPSA) is 84.6 Å². The minimum absolute atomic E-state index is 0.114. The molecule has 1 aliphatic heterocycles. The number of carbonyl (C=O) groups is 1. The number of methoxy groups -OCH3 is 1. The maximum atomic E-state index is 12.3. The third-order valence-electron chi connectivity index (χ3n) is 3.63. The first-order chi connectivity index (χ1) is 10.1. The largest absolute Gasteiger partial charge is 0.380 e. The molecule has 1 aromatic rings. The fraction of sp³-hybridized carbons (Fsp3) is 0.769. The van der Waals surface area contributed by atoms with Crippen LogP contribution in [0, 0.1) is 6.92 Å². The molecule has 0 radical (unpaired) electrons. The number of anilines is 1. The van der Waals surface area contributed by atoms with E-state index in [0.29, 0.717) is 19.5 Å². The summed E-state index contributed by atoms with van der Waals surface area (Å²) in [5, 5.41) is 0.943. The second kappa shape index (κ2) is 7.67. The van der Waals surface area contributed by atoms with Crippen LogP contribution >= 0.6 is 11.5 Å². The second-order valence-electron chi connectivity index (χ2n) is 5.14. The molecular formula is C13H23N5O2S. The number of hydrogen-bond acceptors (Lipinski definition) is 7. The molecule has 0 saturated carbocycles. The average Bonchev–Trinajstić information content (AvgIpc) is 2.77. The van der Waals surface area contributed by atoms with Gasteiger partial charge in [0.25, 0.3) is 0 Å². The lowest BCUT2D eigenvalue weighted by atomic mass is 10.2. The first-order valence-corrected chi connectivity index (χ1v) is 7.97. The van der Waals surface area contributed by atoms with Crippen molar-refractivity contribution < 1.29 is 9.53 Å². The highest BCUT2D eigenvalue weighted by Crippen LogP contribution is 2.19. The summed E-state index contributed by atoms with van der Waals surface area (Å²) in [5.74, 6) is 0.917. The number of ether oxygens (including phenoxy) is 1. The standard InChI is InChI=1S/C13H23N5O2S/c1-10-15-13(21-16-10)18-5-3-4-17(6-7-18)12(19)8-11(9-14)20-2/h11H,3-9,14H2,1-2H3/t11-/m0/s1. The molecule has 8 heteroatoms. The Balaban J connectivity index is 1.89. The van der Waals surface area contributed by atoms with Gasteiger partial charge in [0.1, 0.15) is 5.82 Å². The van der Waals surface area contributed by atoms with Crippen molar-refractivity contribution in [2.24, 2.45) is 5.73 Å². The summed E-state index contributed by atoms with van der Waals surface area (Å²) in [4.78, 5) is 20.8. The van der Waals surface area contributed by atoms with Crippen LogP contribution in [0.3, 0.4) is 0 Å². The van der Waals surface area contributed by atoms with Crippen molar-refractivity contribution in [3.8, 4) is 0 Å². The number of amides is 1. The van der Waals surface area contributed by atoms with Gasteiger partial charge in [0.15, 0.2) is 0 Å². The average molecular weight is 313 g/mol. The zero-order valence-corrected chi connectivity index (χ0v) is 13.4. The quantitative estimate of drug-likeness (QED) is 0.839. The Morgan fingerprint density at radius 1 is 1.43 bits per heavy atom. The summed E-state index contributed by atoms with van der Waals surface area (Å²) < 4.78 is 9.40. The van der Waals surface area contributed by atoms with Crippen molar-refractivity contribution in [1.29, 1.82) is 0 Å². The van der Waals surface area contributed by atoms with E-state index in [1.54, 1.807) is 7.11 Å². The van der Waals surface area contributed by atoms with Crippen molar-refractivity contribution in [3.05, 3.63) is 5.82 Å². The van der Waals surface area contributed by atoms with E-state index < -0.39 is 0 Å². The molecule has 0 unspecified atom stereocenters. The predicted octanol–water partition coefficient (Wildman–Crippen LogP) is 0.249. The molecule has 1 atom stereocenters. The molecule has 2 N–H and O–H groups in total. The molecule has 0 aliphatic carbocycles. The molecule has 21 heavy (non-hydrogen) atoms. The zero-order chi connectivity index (χ0) is 15.2. The van der Waals surface area contributed by atoms with E-state index in [1.165, 1.54) is 11.5 Å². The molecule has 1 saturated heterocycles. The molecule has 1 fully saturated rings. The Morgan fingerprint density at radius 3 is 2.86 bits per heavy atom. The Labute approximate surface area is 129 Å². The van der Waals surface area contributed by atoms with E-state index in [4.69, 9.17) is 10.5 Å². The molecule has 1 aliphatic rings. The minimum Gasteiger partial charge on any atom is -0.380 e. The minimum atomic E-state index is -0.192. The van der Waals surface area contributed by atoms with E-state index in [0.717, 1.165) is 37.0 Å². The van der Waals surface area contributed by atoms with Crippen LogP contribution in [0.15, 0.2) is 0 Å². The zero-order valence-electron chi connectivity index (χ0n) is 12.6. The highest BCUT2D eigenvalue weighted by atomic mass is 32.1. The van der Waals surface area contributed by atoms with Crippen LogP contribution < -0.4 is 10.6 Å². The maximum absolute atomic E-state index is 12.3. The third-order valence-corrected chi connectivity index (χ3v) is 4.50. The van der Waals surface area contributed by atoms with Gasteiger partial charge in [-0.3, -0.25) is 4.79 Å². The molecule has 118 valence electrons. The maximum Gasteiger partial charge on any atom is 0.225 e. The molecule has 0 spiro atoms. The van der Waals surface area contributed by atoms with Crippen molar-refractivity contribution in [3.63, 3.8) is 0 Å². The summed E-state index contributed by atoms with van der Waals surface area (Å²) in [5.41, 5.74) is 5.57. The summed E-state index contributed by atoms with van der Waals surface area (Å²) in [7, 11) is 1.59. The van der Waals surface area contributed by atoms with Crippen LogP contribution in [-0.2, 0) is 9.53 Å². The smallest absolute Gasteiger partial charge is 0.225 e. The van der Waals surface area contributed by atoms with Gasteiger partial charge in [-0.1, -0.05) is 0 Å². The number of nitrogens with zero attached hydrogens (tertiary/aromatic N) is 4. The van der Waals surface area contributed by atoms with E-state index >= 15 is 0 Å². The van der Waals surface area contributed by atoms with Gasteiger partial charge in [-0.2, -0.15) is 4.37 Å². The number of nitrogens with two attached hydrogens (primary N) is 1. The lowest BCUT2D eigenvalue weighted by Crippen LogP contribution is -2.38. The van der Waals surface area contributed by atoms with Gasteiger partial charge in [-0.05, 0) is 13.3 Å². The van der Waals surface area contributed by atoms with Crippen molar-refractivity contribution in [2.45, 2.75) is 25.9 Å². The molecule has 2 rings (SSSR count). The second-order valence-corrected chi connectivity index (χ2v) is 5.87. The number of aryl methyl sites for hydroxylation is 1. The summed E-state index contributed by atoms with van der Waals surface area (Å²) in [6.45, 7) is 5.44. The van der Waals surface area contributed by atoms with Gasteiger partial charge in [0.2, 0.25) is 11.0 Å². The van der Waals surface area contributed by atoms with E-state index in [-0.39, 0.29) is 12.0 Å². The Bertz CT molecular complexity index is 463. The van der Waals surface area contributed by atoms with Gasteiger partial charge < -0.3 is 20.3 Å². The van der Waals surface area contributed by atoms with Crippen LogP contribution in [0.5, 0.6) is 0 Å². The Morgan fingerprint density at radius 2 is 2.24 bits per heavy atom. The lowest BCUT2D eigenvalue weighted by molar-refractivity contribution is -0.133. The Hall–Kier alpha value is -1.25. The van der Waals surface area contributed by atoms with Gasteiger partial charge in [-0.25, -0.2) is 4.98 Å². The fourth-order valence-electron chi connectivity index (χ4n) is 2.36. The molecule has 1 aromatic heterocycles. The van der Waals surface area contributed by atoms with Gasteiger partial charge >= 0.3 is 0 Å². The van der Waals surface area contributed by atoms with Gasteiger partial charge in [0, 0.05) is 51.4 Å². The van der Waals surface area contributed by atoms with E-state index in [2.05, 4.69) is 14.3 Å². The van der Waals surface area contributed by atoms with Crippen molar-refractivity contribution in [1.82, 2.24) is 14.3 Å². The highest BCUT2D eigenvalue weighted by Gasteiger charge is 2.22. The highest BCUT2D eigenvalue weighted by molar-refractivity contribution is 7.09. The third kappa shape index (κ3) is 4.36. The number of carbonyl (C=O) groups excluding carboxylic acids is 1. The summed E-state index contributed by atoms with van der Waals surface area (Å²) in [6.07, 6.45) is 1.10. The van der Waals surface area contributed by atoms with Crippen LogP contribution in [0.2, 0.25) is 0 Å². The molecular weight excluding hydrogens is 290 g/mol. The van der Waals surface area contributed by atoms with Gasteiger partial charge in [-0.15, -0.1) is 0 Å².